The van der Waals surface area contributed by atoms with E-state index >= 15 is 0 Å². The van der Waals surface area contributed by atoms with E-state index in [0.717, 1.165) is 17.1 Å². The minimum atomic E-state index is -4.49. The summed E-state index contributed by atoms with van der Waals surface area (Å²) in [6.45, 7) is 1.51. The summed E-state index contributed by atoms with van der Waals surface area (Å²) in [6.07, 6.45) is -4.83. The average Bonchev–Trinajstić information content (AvgIpc) is 3.23. The molecule has 1 aliphatic carbocycles. The topological polar surface area (TPSA) is 89.5 Å². The molecule has 0 atom stereocenters. The lowest BCUT2D eigenvalue weighted by atomic mass is 9.70. The number of aryl methyl sites for hydroxylation is 1. The first-order chi connectivity index (χ1) is 17.5. The van der Waals surface area contributed by atoms with E-state index in [1.54, 1.807) is 19.1 Å². The van der Waals surface area contributed by atoms with E-state index < -0.39 is 34.9 Å². The molecule has 0 radical (unpaired) electrons. The van der Waals surface area contributed by atoms with Gasteiger partial charge < -0.3 is 20.1 Å². The summed E-state index contributed by atoms with van der Waals surface area (Å²) in [5.74, 6) is -1.68. The molecule has 7 nitrogen and oxygen atoms in total. The molecule has 196 valence electrons. The smallest absolute Gasteiger partial charge is 0.417 e. The monoisotopic (exact) mass is 537 g/mol. The Labute approximate surface area is 213 Å². The molecule has 3 aromatic rings. The van der Waals surface area contributed by atoms with Crippen LogP contribution >= 0.6 is 11.3 Å². The van der Waals surface area contributed by atoms with Gasteiger partial charge in [0.15, 0.2) is 5.60 Å². The largest absolute Gasteiger partial charge is 0.496 e. The zero-order valence-electron chi connectivity index (χ0n) is 19.9. The molecule has 0 unspecified atom stereocenters. The maximum Gasteiger partial charge on any atom is 0.417 e. The van der Waals surface area contributed by atoms with Gasteiger partial charge in [-0.05, 0) is 62.9 Å². The Bertz CT molecular complexity index is 1380. The fourth-order valence-corrected chi connectivity index (χ4v) is 5.96. The predicted octanol–water partition coefficient (Wildman–Crippen LogP) is 5.38. The summed E-state index contributed by atoms with van der Waals surface area (Å²) in [5, 5.41) is 6.14. The standard InChI is InChI=1S/C25H23F4N3O4S/c1-13-30-16-5-6-18(35-2)19(20(16)37-13)22(34)31-17-11-14(26)3-4-15(17)21(33)32-23-7-9-24(10-8-23,36-12-23)25(27,28)29/h3-6,11H,7-10,12H2,1-2H3,(H,31,34)(H,32,33). The van der Waals surface area contributed by atoms with Crippen LogP contribution in [0.1, 0.15) is 51.4 Å². The molecule has 2 saturated heterocycles. The van der Waals surface area contributed by atoms with Crippen molar-refractivity contribution in [1.82, 2.24) is 10.3 Å². The lowest BCUT2D eigenvalue weighted by Gasteiger charge is -2.53. The van der Waals surface area contributed by atoms with Crippen molar-refractivity contribution in [2.45, 2.75) is 49.9 Å². The van der Waals surface area contributed by atoms with Crippen molar-refractivity contribution in [3.05, 3.63) is 52.3 Å². The zero-order chi connectivity index (χ0) is 26.6. The van der Waals surface area contributed by atoms with Crippen LogP contribution in [0.3, 0.4) is 0 Å². The van der Waals surface area contributed by atoms with Crippen LogP contribution in [0.4, 0.5) is 23.2 Å². The number of alkyl halides is 3. The van der Waals surface area contributed by atoms with Crippen LogP contribution in [0.15, 0.2) is 30.3 Å². The Kier molecular flexibility index (Phi) is 6.14. The molecule has 2 aromatic carbocycles. The highest BCUT2D eigenvalue weighted by atomic mass is 32.1. The van der Waals surface area contributed by atoms with Crippen LogP contribution in [-0.2, 0) is 4.74 Å². The fraction of sp³-hybridized carbons (Fsp3) is 0.400. The summed E-state index contributed by atoms with van der Waals surface area (Å²) < 4.78 is 65.8. The third kappa shape index (κ3) is 4.42. The van der Waals surface area contributed by atoms with E-state index in [4.69, 9.17) is 9.47 Å². The maximum atomic E-state index is 14.2. The Morgan fingerprint density at radius 2 is 1.84 bits per heavy atom. The third-order valence-corrected chi connectivity index (χ3v) is 8.09. The number of fused-ring (bicyclic) bond motifs is 4. The van der Waals surface area contributed by atoms with Gasteiger partial charge in [0.1, 0.15) is 17.1 Å². The quantitative estimate of drug-likeness (QED) is 0.427. The number of halogens is 4. The van der Waals surface area contributed by atoms with Crippen molar-refractivity contribution in [1.29, 1.82) is 0 Å². The van der Waals surface area contributed by atoms with Gasteiger partial charge in [-0.3, -0.25) is 9.59 Å². The van der Waals surface area contributed by atoms with Gasteiger partial charge in [-0.15, -0.1) is 11.3 Å². The predicted molar refractivity (Wildman–Crippen MR) is 129 cm³/mol. The molecule has 2 bridgehead atoms. The molecular formula is C25H23F4N3O4S. The normalized spacial score (nSPS) is 23.2. The highest BCUT2D eigenvalue weighted by Gasteiger charge is 2.63. The van der Waals surface area contributed by atoms with E-state index in [-0.39, 0.29) is 54.9 Å². The second kappa shape index (κ2) is 8.95. The number of amides is 2. The summed E-state index contributed by atoms with van der Waals surface area (Å²) in [5.41, 5.74) is -2.49. The molecule has 2 aliphatic heterocycles. The Morgan fingerprint density at radius 1 is 1.11 bits per heavy atom. The van der Waals surface area contributed by atoms with Crippen molar-refractivity contribution in [3.63, 3.8) is 0 Å². The van der Waals surface area contributed by atoms with Gasteiger partial charge >= 0.3 is 6.18 Å². The first-order valence-corrected chi connectivity index (χ1v) is 12.4. The Morgan fingerprint density at radius 3 is 2.46 bits per heavy atom. The number of thiazole rings is 1. The van der Waals surface area contributed by atoms with Crippen molar-refractivity contribution >= 4 is 39.1 Å². The lowest BCUT2D eigenvalue weighted by Crippen LogP contribution is -2.66. The number of carbonyl (C=O) groups excluding carboxylic acids is 2. The molecule has 37 heavy (non-hydrogen) atoms. The summed E-state index contributed by atoms with van der Waals surface area (Å²) >= 11 is 1.29. The van der Waals surface area contributed by atoms with E-state index in [0.29, 0.717) is 10.2 Å². The Balaban J connectivity index is 1.41. The van der Waals surface area contributed by atoms with Crippen LogP contribution in [0.25, 0.3) is 10.2 Å². The third-order valence-electron chi connectivity index (χ3n) is 7.08. The Hall–Kier alpha value is -3.25. The molecule has 2 N–H and O–H groups in total. The van der Waals surface area contributed by atoms with Gasteiger partial charge in [0.2, 0.25) is 0 Å². The highest BCUT2D eigenvalue weighted by molar-refractivity contribution is 7.19. The minimum Gasteiger partial charge on any atom is -0.496 e. The zero-order valence-corrected chi connectivity index (χ0v) is 20.7. The number of ether oxygens (including phenoxy) is 2. The second-order valence-electron chi connectivity index (χ2n) is 9.38. The highest BCUT2D eigenvalue weighted by Crippen LogP contribution is 2.51. The van der Waals surface area contributed by atoms with Gasteiger partial charge in [0.25, 0.3) is 11.8 Å². The SMILES string of the molecule is COc1ccc2nc(C)sc2c1C(=O)Nc1cc(F)ccc1C(=O)NC12CCC(C(F)(F)F)(CC1)OC2. The molecule has 3 aliphatic rings. The van der Waals surface area contributed by atoms with Crippen molar-refractivity contribution in [2.24, 2.45) is 0 Å². The number of hydrogen-bond donors (Lipinski definition) is 2. The number of nitrogens with zero attached hydrogens (tertiary/aromatic N) is 1. The van der Waals surface area contributed by atoms with Crippen LogP contribution in [0.5, 0.6) is 5.75 Å². The maximum absolute atomic E-state index is 14.2. The minimum absolute atomic E-state index is 0.0333. The van der Waals surface area contributed by atoms with Gasteiger partial charge in [-0.1, -0.05) is 0 Å². The number of methoxy groups -OCH3 is 1. The number of anilines is 1. The molecule has 0 spiro atoms. The second-order valence-corrected chi connectivity index (χ2v) is 10.6. The number of rotatable bonds is 5. The number of carbonyl (C=O) groups is 2. The molecule has 3 heterocycles. The van der Waals surface area contributed by atoms with Crippen LogP contribution < -0.4 is 15.4 Å². The number of aromatic nitrogens is 1. The molecule has 1 aromatic heterocycles. The van der Waals surface area contributed by atoms with Crippen molar-refractivity contribution in [2.75, 3.05) is 19.0 Å². The van der Waals surface area contributed by atoms with Gasteiger partial charge in [0.05, 0.1) is 45.7 Å². The van der Waals surface area contributed by atoms with Crippen LogP contribution in [0, 0.1) is 12.7 Å². The first kappa shape index (κ1) is 25.4. The number of hydrogen-bond acceptors (Lipinski definition) is 6. The van der Waals surface area contributed by atoms with Crippen LogP contribution in [-0.4, -0.2) is 47.8 Å². The van der Waals surface area contributed by atoms with Crippen LogP contribution in [0.2, 0.25) is 0 Å². The van der Waals surface area contributed by atoms with Gasteiger partial charge in [0, 0.05) is 0 Å². The average molecular weight is 538 g/mol. The first-order valence-electron chi connectivity index (χ1n) is 11.5. The molecular weight excluding hydrogens is 514 g/mol. The molecule has 6 rings (SSSR count). The molecule has 12 heteroatoms. The summed E-state index contributed by atoms with van der Waals surface area (Å²) in [6, 6.07) is 6.63. The van der Waals surface area contributed by atoms with E-state index in [1.807, 2.05) is 0 Å². The summed E-state index contributed by atoms with van der Waals surface area (Å²) in [4.78, 5) is 31.0. The molecule has 3 fully saturated rings. The molecule has 2 amide bonds. The van der Waals surface area contributed by atoms with Gasteiger partial charge in [-0.2, -0.15) is 13.2 Å². The molecule has 1 saturated carbocycles. The van der Waals surface area contributed by atoms with E-state index in [9.17, 15) is 27.2 Å². The van der Waals surface area contributed by atoms with E-state index in [2.05, 4.69) is 15.6 Å². The van der Waals surface area contributed by atoms with E-state index in [1.165, 1.54) is 24.5 Å². The number of nitrogens with one attached hydrogen (secondary N) is 2. The number of benzene rings is 2. The van der Waals surface area contributed by atoms with Gasteiger partial charge in [-0.25, -0.2) is 9.37 Å². The van der Waals surface area contributed by atoms with Crippen molar-refractivity contribution < 1.29 is 36.6 Å². The fourth-order valence-electron chi connectivity index (χ4n) is 5.00. The summed E-state index contributed by atoms with van der Waals surface area (Å²) in [7, 11) is 1.41. The van der Waals surface area contributed by atoms with Crippen molar-refractivity contribution in [3.8, 4) is 5.75 Å². The lowest BCUT2D eigenvalue weighted by molar-refractivity contribution is -0.317.